The number of aromatic hydroxyl groups is 1. The van der Waals surface area contributed by atoms with Crippen LogP contribution >= 0.6 is 0 Å². The van der Waals surface area contributed by atoms with E-state index in [4.69, 9.17) is 0 Å². The zero-order valence-corrected chi connectivity index (χ0v) is 16.6. The number of amides is 2. The van der Waals surface area contributed by atoms with Gasteiger partial charge < -0.3 is 21.1 Å². The van der Waals surface area contributed by atoms with Crippen LogP contribution in [0.3, 0.4) is 0 Å². The van der Waals surface area contributed by atoms with Gasteiger partial charge in [-0.15, -0.1) is 0 Å². The minimum atomic E-state index is -0.316. The van der Waals surface area contributed by atoms with E-state index < -0.39 is 0 Å². The Bertz CT molecular complexity index is 892. The topological polar surface area (TPSA) is 90.5 Å². The molecular formula is C23H29N3O3. The number of hydrogen-bond donors (Lipinski definition) is 4. The summed E-state index contributed by atoms with van der Waals surface area (Å²) in [6.45, 7) is 1.29. The quantitative estimate of drug-likeness (QED) is 0.627. The predicted octanol–water partition coefficient (Wildman–Crippen LogP) is 2.70. The molecule has 29 heavy (non-hydrogen) atoms. The number of phenolic OH excluding ortho intramolecular Hbond substituents is 1. The van der Waals surface area contributed by atoms with Crippen LogP contribution in [-0.4, -0.2) is 42.1 Å². The number of hydrogen-bond acceptors (Lipinski definition) is 4. The molecule has 1 aliphatic carbocycles. The summed E-state index contributed by atoms with van der Waals surface area (Å²) in [7, 11) is 0. The molecule has 0 radical (unpaired) electrons. The van der Waals surface area contributed by atoms with Gasteiger partial charge >= 0.3 is 0 Å². The van der Waals surface area contributed by atoms with Crippen molar-refractivity contribution in [1.82, 2.24) is 16.0 Å². The molecule has 2 aromatic carbocycles. The Hall–Kier alpha value is -2.60. The molecule has 6 nitrogen and oxygen atoms in total. The maximum atomic E-state index is 12.7. The number of carbonyl (C=O) groups is 2. The SMILES string of the molecule is O=C(N[C@@H]1CN[C@H](C(=O)NCC2CCCCC2)C1)c1ccc2ccccc2c1O. The van der Waals surface area contributed by atoms with E-state index in [2.05, 4.69) is 16.0 Å². The molecule has 0 unspecified atom stereocenters. The highest BCUT2D eigenvalue weighted by molar-refractivity contribution is 6.03. The molecule has 154 valence electrons. The van der Waals surface area contributed by atoms with E-state index in [0.29, 0.717) is 24.3 Å². The van der Waals surface area contributed by atoms with Crippen molar-refractivity contribution in [2.75, 3.05) is 13.1 Å². The first kappa shape index (κ1) is 19.7. The molecule has 2 atom stereocenters. The molecule has 2 aromatic rings. The molecular weight excluding hydrogens is 366 g/mol. The Morgan fingerprint density at radius 2 is 1.86 bits per heavy atom. The van der Waals surface area contributed by atoms with Gasteiger partial charge in [-0.1, -0.05) is 49.6 Å². The Kier molecular flexibility index (Phi) is 6.00. The van der Waals surface area contributed by atoms with Crippen molar-refractivity contribution >= 4 is 22.6 Å². The second kappa shape index (κ2) is 8.82. The van der Waals surface area contributed by atoms with Gasteiger partial charge in [-0.3, -0.25) is 9.59 Å². The molecule has 2 aliphatic rings. The first-order valence-corrected chi connectivity index (χ1v) is 10.6. The molecule has 2 amide bonds. The van der Waals surface area contributed by atoms with Crippen molar-refractivity contribution in [3.8, 4) is 5.75 Å². The number of rotatable bonds is 5. The zero-order chi connectivity index (χ0) is 20.2. The van der Waals surface area contributed by atoms with E-state index in [0.717, 1.165) is 11.9 Å². The highest BCUT2D eigenvalue weighted by Gasteiger charge is 2.31. The zero-order valence-electron chi connectivity index (χ0n) is 16.6. The average Bonchev–Trinajstić information content (AvgIpc) is 3.21. The maximum Gasteiger partial charge on any atom is 0.255 e. The highest BCUT2D eigenvalue weighted by Crippen LogP contribution is 2.28. The molecule has 1 aliphatic heterocycles. The number of carbonyl (C=O) groups excluding carboxylic acids is 2. The Balaban J connectivity index is 1.31. The summed E-state index contributed by atoms with van der Waals surface area (Å²) in [5, 5.41) is 21.3. The van der Waals surface area contributed by atoms with Gasteiger partial charge in [0.05, 0.1) is 11.6 Å². The maximum absolute atomic E-state index is 12.7. The van der Waals surface area contributed by atoms with Crippen LogP contribution in [0.5, 0.6) is 5.75 Å². The first-order chi connectivity index (χ1) is 14.1. The lowest BCUT2D eigenvalue weighted by molar-refractivity contribution is -0.123. The molecule has 1 saturated heterocycles. The number of phenols is 1. The van der Waals surface area contributed by atoms with Crippen LogP contribution in [0.2, 0.25) is 0 Å². The van der Waals surface area contributed by atoms with Crippen LogP contribution in [0.4, 0.5) is 0 Å². The predicted molar refractivity (Wildman–Crippen MR) is 113 cm³/mol. The van der Waals surface area contributed by atoms with Crippen LogP contribution in [0, 0.1) is 5.92 Å². The first-order valence-electron chi connectivity index (χ1n) is 10.6. The molecule has 0 spiro atoms. The molecule has 4 N–H and O–H groups in total. The van der Waals surface area contributed by atoms with Crippen molar-refractivity contribution in [2.45, 2.75) is 50.6 Å². The molecule has 2 fully saturated rings. The van der Waals surface area contributed by atoms with Gasteiger partial charge in [0.1, 0.15) is 5.75 Å². The molecule has 4 rings (SSSR count). The van der Waals surface area contributed by atoms with E-state index in [1.165, 1.54) is 32.1 Å². The second-order valence-electron chi connectivity index (χ2n) is 8.30. The standard InChI is InChI=1S/C23H29N3O3/c27-21-18-9-5-4-8-16(18)10-11-19(21)22(28)26-17-12-20(24-14-17)23(29)25-13-15-6-2-1-3-7-15/h4-5,8-11,15,17,20,24,27H,1-3,6-7,12-14H2,(H,25,29)(H,26,28)/t17-,20-/m0/s1. The third-order valence-electron chi connectivity index (χ3n) is 6.22. The third kappa shape index (κ3) is 4.53. The molecule has 0 aromatic heterocycles. The van der Waals surface area contributed by atoms with Crippen LogP contribution in [0.25, 0.3) is 10.8 Å². The minimum Gasteiger partial charge on any atom is -0.506 e. The van der Waals surface area contributed by atoms with Crippen LogP contribution in [-0.2, 0) is 4.79 Å². The summed E-state index contributed by atoms with van der Waals surface area (Å²) in [4.78, 5) is 25.1. The van der Waals surface area contributed by atoms with Gasteiger partial charge in [-0.2, -0.15) is 0 Å². The average molecular weight is 396 g/mol. The Labute approximate surface area is 171 Å². The van der Waals surface area contributed by atoms with Crippen molar-refractivity contribution in [1.29, 1.82) is 0 Å². The van der Waals surface area contributed by atoms with Gasteiger partial charge in [-0.25, -0.2) is 0 Å². The van der Waals surface area contributed by atoms with Crippen molar-refractivity contribution in [3.05, 3.63) is 42.0 Å². The van der Waals surface area contributed by atoms with Crippen LogP contribution < -0.4 is 16.0 Å². The number of nitrogens with one attached hydrogen (secondary N) is 3. The van der Waals surface area contributed by atoms with Crippen molar-refractivity contribution < 1.29 is 14.7 Å². The molecule has 0 bridgehead atoms. The summed E-state index contributed by atoms with van der Waals surface area (Å²) < 4.78 is 0. The van der Waals surface area contributed by atoms with E-state index in [1.54, 1.807) is 12.1 Å². The number of fused-ring (bicyclic) bond motifs is 1. The molecule has 1 saturated carbocycles. The summed E-state index contributed by atoms with van der Waals surface area (Å²) in [5.74, 6) is 0.290. The van der Waals surface area contributed by atoms with Gasteiger partial charge in [0.2, 0.25) is 5.91 Å². The van der Waals surface area contributed by atoms with E-state index in [-0.39, 0.29) is 35.2 Å². The van der Waals surface area contributed by atoms with Crippen LogP contribution in [0.1, 0.15) is 48.9 Å². The van der Waals surface area contributed by atoms with Gasteiger partial charge in [0.25, 0.3) is 5.91 Å². The fourth-order valence-electron chi connectivity index (χ4n) is 4.51. The van der Waals surface area contributed by atoms with Crippen LogP contribution in [0.15, 0.2) is 36.4 Å². The second-order valence-corrected chi connectivity index (χ2v) is 8.30. The highest BCUT2D eigenvalue weighted by atomic mass is 16.3. The largest absolute Gasteiger partial charge is 0.506 e. The lowest BCUT2D eigenvalue weighted by atomic mass is 9.89. The van der Waals surface area contributed by atoms with Gasteiger partial charge in [0, 0.05) is 24.5 Å². The lowest BCUT2D eigenvalue weighted by Gasteiger charge is -2.22. The number of benzene rings is 2. The van der Waals surface area contributed by atoms with E-state index in [9.17, 15) is 14.7 Å². The summed E-state index contributed by atoms with van der Waals surface area (Å²) in [6.07, 6.45) is 6.79. The fraction of sp³-hybridized carbons (Fsp3) is 0.478. The Morgan fingerprint density at radius 1 is 1.07 bits per heavy atom. The molecule has 6 heteroatoms. The minimum absolute atomic E-state index is 0.00617. The smallest absolute Gasteiger partial charge is 0.255 e. The van der Waals surface area contributed by atoms with Gasteiger partial charge in [0.15, 0.2) is 0 Å². The Morgan fingerprint density at radius 3 is 2.69 bits per heavy atom. The normalized spacial score (nSPS) is 22.5. The van der Waals surface area contributed by atoms with E-state index >= 15 is 0 Å². The summed E-state index contributed by atoms with van der Waals surface area (Å²) in [5.41, 5.74) is 0.258. The summed E-state index contributed by atoms with van der Waals surface area (Å²) >= 11 is 0. The van der Waals surface area contributed by atoms with E-state index in [1.807, 2.05) is 24.3 Å². The fourth-order valence-corrected chi connectivity index (χ4v) is 4.51. The molecule has 1 heterocycles. The van der Waals surface area contributed by atoms with Crippen molar-refractivity contribution in [2.24, 2.45) is 5.92 Å². The summed E-state index contributed by atoms with van der Waals surface area (Å²) in [6, 6.07) is 10.5. The lowest BCUT2D eigenvalue weighted by Crippen LogP contribution is -2.42. The third-order valence-corrected chi connectivity index (χ3v) is 6.22. The monoisotopic (exact) mass is 395 g/mol. The van der Waals surface area contributed by atoms with Crippen molar-refractivity contribution in [3.63, 3.8) is 0 Å². The van der Waals surface area contributed by atoms with Gasteiger partial charge in [-0.05, 0) is 36.6 Å².